The molecule has 38 heavy (non-hydrogen) atoms. The Balaban J connectivity index is 1.74. The molecule has 1 aromatic heterocycles. The molecule has 1 aliphatic heterocycles. The molecule has 8 nitrogen and oxygen atoms in total. The summed E-state index contributed by atoms with van der Waals surface area (Å²) in [6, 6.07) is 9.86. The van der Waals surface area contributed by atoms with Gasteiger partial charge in [-0.2, -0.15) is 0 Å². The second-order valence-corrected chi connectivity index (χ2v) is 10.8. The molecule has 0 bridgehead atoms. The summed E-state index contributed by atoms with van der Waals surface area (Å²) in [5, 5.41) is 4.26. The second kappa shape index (κ2) is 11.1. The molecule has 1 N–H and O–H groups in total. The molecule has 0 aliphatic carbocycles. The summed E-state index contributed by atoms with van der Waals surface area (Å²) < 4.78 is 18.0. The molecule has 3 aromatic rings. The van der Waals surface area contributed by atoms with Gasteiger partial charge in [0, 0.05) is 42.5 Å². The second-order valence-electron chi connectivity index (χ2n) is 10.8. The van der Waals surface area contributed by atoms with Crippen LogP contribution >= 0.6 is 0 Å². The van der Waals surface area contributed by atoms with Gasteiger partial charge in [0.25, 0.3) is 0 Å². The van der Waals surface area contributed by atoms with Crippen molar-refractivity contribution in [3.63, 3.8) is 0 Å². The quantitative estimate of drug-likeness (QED) is 0.381. The smallest absolute Gasteiger partial charge is 0.419 e. The van der Waals surface area contributed by atoms with Crippen molar-refractivity contribution >= 4 is 28.7 Å². The standard InChI is InChI=1S/C30H39N3O5/c1-19-16-26(36-6)23(21-13-15-33(27(19)21)29(35)38-30(2,3)4)18-32-14-9-8-10-25(32)22-12-11-20(28(34)37-7)17-24(22)31-5/h11-13,15-17,25,31H,8-10,14,18H2,1-7H3/t25-/m0/s1. The van der Waals surface area contributed by atoms with Crippen molar-refractivity contribution in [2.45, 2.75) is 65.1 Å². The van der Waals surface area contributed by atoms with Crippen molar-refractivity contribution in [2.75, 3.05) is 33.1 Å². The number of fused-ring (bicyclic) bond motifs is 1. The molecule has 0 spiro atoms. The Labute approximate surface area is 224 Å². The van der Waals surface area contributed by atoms with Crippen LogP contribution in [0.2, 0.25) is 0 Å². The highest BCUT2D eigenvalue weighted by molar-refractivity contribution is 5.95. The first-order valence-corrected chi connectivity index (χ1v) is 13.1. The van der Waals surface area contributed by atoms with Crippen LogP contribution in [0.25, 0.3) is 10.9 Å². The molecule has 0 amide bonds. The Morgan fingerprint density at radius 2 is 1.87 bits per heavy atom. The lowest BCUT2D eigenvalue weighted by molar-refractivity contribution is 0.0542. The number of esters is 1. The Morgan fingerprint density at radius 1 is 1.11 bits per heavy atom. The average molecular weight is 522 g/mol. The maximum Gasteiger partial charge on any atom is 0.419 e. The zero-order valence-corrected chi connectivity index (χ0v) is 23.5. The van der Waals surface area contributed by atoms with Crippen LogP contribution in [0.15, 0.2) is 36.5 Å². The lowest BCUT2D eigenvalue weighted by atomic mass is 9.92. The van der Waals surface area contributed by atoms with Gasteiger partial charge in [-0.05, 0) is 82.5 Å². The first kappa shape index (κ1) is 27.5. The van der Waals surface area contributed by atoms with Crippen LogP contribution in [-0.4, -0.2) is 54.9 Å². The fourth-order valence-electron chi connectivity index (χ4n) is 5.42. The molecular formula is C30H39N3O5. The topological polar surface area (TPSA) is 82.0 Å². The number of likely N-dealkylation sites (tertiary alicyclic amines) is 1. The number of methoxy groups -OCH3 is 2. The maximum absolute atomic E-state index is 13.0. The minimum Gasteiger partial charge on any atom is -0.496 e. The summed E-state index contributed by atoms with van der Waals surface area (Å²) in [5.74, 6) is 0.450. The zero-order valence-electron chi connectivity index (χ0n) is 23.5. The molecule has 1 aliphatic rings. The van der Waals surface area contributed by atoms with Gasteiger partial charge in [-0.25, -0.2) is 9.59 Å². The van der Waals surface area contributed by atoms with Gasteiger partial charge < -0.3 is 19.5 Å². The normalized spacial score (nSPS) is 16.3. The Bertz CT molecular complexity index is 1340. The molecule has 1 atom stereocenters. The fourth-order valence-corrected chi connectivity index (χ4v) is 5.42. The van der Waals surface area contributed by atoms with Crippen LogP contribution in [0.4, 0.5) is 10.5 Å². The van der Waals surface area contributed by atoms with Gasteiger partial charge in [0.1, 0.15) is 11.4 Å². The zero-order chi connectivity index (χ0) is 27.6. The van der Waals surface area contributed by atoms with E-state index >= 15 is 0 Å². The van der Waals surface area contributed by atoms with Gasteiger partial charge >= 0.3 is 12.1 Å². The number of rotatable bonds is 6. The molecule has 4 rings (SSSR count). The molecular weight excluding hydrogens is 482 g/mol. The molecule has 204 valence electrons. The van der Waals surface area contributed by atoms with Crippen molar-refractivity contribution in [2.24, 2.45) is 0 Å². The molecule has 1 fully saturated rings. The van der Waals surface area contributed by atoms with Gasteiger partial charge in [0.2, 0.25) is 0 Å². The van der Waals surface area contributed by atoms with Crippen molar-refractivity contribution in [3.8, 4) is 5.75 Å². The predicted molar refractivity (Wildman–Crippen MR) is 149 cm³/mol. The van der Waals surface area contributed by atoms with E-state index in [-0.39, 0.29) is 12.0 Å². The van der Waals surface area contributed by atoms with Gasteiger partial charge in [-0.15, -0.1) is 0 Å². The number of benzene rings is 2. The van der Waals surface area contributed by atoms with Crippen molar-refractivity contribution < 1.29 is 23.8 Å². The highest BCUT2D eigenvalue weighted by Crippen LogP contribution is 2.40. The number of carbonyl (C=O) groups excluding carboxylic acids is 2. The summed E-state index contributed by atoms with van der Waals surface area (Å²) in [7, 11) is 4.95. The number of anilines is 1. The molecule has 0 radical (unpaired) electrons. The van der Waals surface area contributed by atoms with Gasteiger partial charge in [-0.3, -0.25) is 9.47 Å². The SMILES string of the molecule is CNc1cc(C(=O)OC)ccc1[C@@H]1CCCCN1Cc1c(OC)cc(C)c2c1ccn2C(=O)OC(C)(C)C. The van der Waals surface area contributed by atoms with Crippen molar-refractivity contribution in [1.82, 2.24) is 9.47 Å². The summed E-state index contributed by atoms with van der Waals surface area (Å²) in [6.45, 7) is 9.17. The van der Waals surface area contributed by atoms with E-state index in [1.165, 1.54) is 7.11 Å². The van der Waals surface area contributed by atoms with Crippen LogP contribution in [0.3, 0.4) is 0 Å². The minimum atomic E-state index is -0.591. The third-order valence-corrected chi connectivity index (χ3v) is 7.12. The van der Waals surface area contributed by atoms with Crippen LogP contribution in [0, 0.1) is 6.92 Å². The molecule has 0 unspecified atom stereocenters. The molecule has 2 heterocycles. The molecule has 2 aromatic carbocycles. The Kier molecular flexibility index (Phi) is 8.02. The van der Waals surface area contributed by atoms with E-state index < -0.39 is 11.7 Å². The van der Waals surface area contributed by atoms with Gasteiger partial charge in [-0.1, -0.05) is 12.5 Å². The minimum absolute atomic E-state index is 0.159. The van der Waals surface area contributed by atoms with Crippen LogP contribution in [0.1, 0.15) is 73.1 Å². The fraction of sp³-hybridized carbons (Fsp3) is 0.467. The van der Waals surface area contributed by atoms with Gasteiger partial charge in [0.15, 0.2) is 0 Å². The lowest BCUT2D eigenvalue weighted by Gasteiger charge is -2.37. The van der Waals surface area contributed by atoms with Crippen molar-refractivity contribution in [1.29, 1.82) is 0 Å². The van der Waals surface area contributed by atoms with E-state index in [9.17, 15) is 9.59 Å². The molecule has 0 saturated carbocycles. The number of piperidine rings is 1. The monoisotopic (exact) mass is 521 g/mol. The van der Waals surface area contributed by atoms with Crippen molar-refractivity contribution in [3.05, 3.63) is 58.8 Å². The average Bonchev–Trinajstić information content (AvgIpc) is 3.35. The van der Waals surface area contributed by atoms with E-state index in [2.05, 4.69) is 10.2 Å². The summed E-state index contributed by atoms with van der Waals surface area (Å²) >= 11 is 0. The van der Waals surface area contributed by atoms with E-state index in [4.69, 9.17) is 14.2 Å². The van der Waals surface area contributed by atoms with E-state index in [0.717, 1.165) is 64.8 Å². The number of nitrogens with zero attached hydrogens (tertiary/aromatic N) is 2. The van der Waals surface area contributed by atoms with E-state index in [1.807, 2.05) is 65.1 Å². The highest BCUT2D eigenvalue weighted by Gasteiger charge is 2.29. The summed E-state index contributed by atoms with van der Waals surface area (Å²) in [6.07, 6.45) is 4.61. The predicted octanol–water partition coefficient (Wildman–Crippen LogP) is 6.30. The summed E-state index contributed by atoms with van der Waals surface area (Å²) in [4.78, 5) is 27.6. The number of hydrogen-bond donors (Lipinski definition) is 1. The third-order valence-electron chi connectivity index (χ3n) is 7.12. The number of ether oxygens (including phenoxy) is 3. The van der Waals surface area contributed by atoms with Crippen LogP contribution in [0.5, 0.6) is 5.75 Å². The first-order chi connectivity index (χ1) is 18.1. The van der Waals surface area contributed by atoms with E-state index in [1.54, 1.807) is 17.9 Å². The van der Waals surface area contributed by atoms with Crippen LogP contribution < -0.4 is 10.1 Å². The number of carbonyl (C=O) groups is 2. The Morgan fingerprint density at radius 3 is 2.53 bits per heavy atom. The number of nitrogens with one attached hydrogen (secondary N) is 1. The Hall–Kier alpha value is -3.52. The molecule has 8 heteroatoms. The first-order valence-electron chi connectivity index (χ1n) is 13.1. The van der Waals surface area contributed by atoms with E-state index in [0.29, 0.717) is 12.1 Å². The third kappa shape index (κ3) is 5.50. The maximum atomic E-state index is 13.0. The number of hydrogen-bond acceptors (Lipinski definition) is 7. The van der Waals surface area contributed by atoms with Crippen LogP contribution in [-0.2, 0) is 16.0 Å². The molecule has 1 saturated heterocycles. The summed E-state index contributed by atoms with van der Waals surface area (Å²) in [5.41, 5.74) is 4.82. The number of aryl methyl sites for hydroxylation is 1. The van der Waals surface area contributed by atoms with Gasteiger partial charge in [0.05, 0.1) is 25.3 Å². The largest absolute Gasteiger partial charge is 0.496 e. The lowest BCUT2D eigenvalue weighted by Crippen LogP contribution is -2.33. The number of aromatic nitrogens is 1. The highest BCUT2D eigenvalue weighted by atomic mass is 16.6.